The monoisotopic (exact) mass is 426 g/mol. The molecule has 0 radical (unpaired) electrons. The van der Waals surface area contributed by atoms with Gasteiger partial charge < -0.3 is 10.2 Å². The van der Waals surface area contributed by atoms with Gasteiger partial charge in [0.25, 0.3) is 0 Å². The lowest BCUT2D eigenvalue weighted by molar-refractivity contribution is -0.144. The number of nitrogens with zero attached hydrogens (tertiary/aromatic N) is 7. The quantitative estimate of drug-likeness (QED) is 0.684. The minimum Gasteiger partial charge on any atom is -0.366 e. The molecule has 1 N–H and O–H groups in total. The fourth-order valence-electron chi connectivity index (χ4n) is 3.53. The van der Waals surface area contributed by atoms with E-state index < -0.39 is 12.0 Å². The average molecular weight is 427 g/mol. The van der Waals surface area contributed by atoms with Crippen molar-refractivity contribution in [2.24, 2.45) is 0 Å². The van der Waals surface area contributed by atoms with Gasteiger partial charge in [0.1, 0.15) is 11.6 Å². The van der Waals surface area contributed by atoms with Crippen molar-refractivity contribution in [3.8, 4) is 0 Å². The summed E-state index contributed by atoms with van der Waals surface area (Å²) in [5.41, 5.74) is 0.564. The SMILES string of the molecule is CN(c1ccnc(C(F)(F)F)n1)C1CCC(Nc2ccc3nnc(Cl)n3n2)CC1. The maximum Gasteiger partial charge on any atom is 0.451 e. The Morgan fingerprint density at radius 3 is 2.62 bits per heavy atom. The predicted octanol–water partition coefficient (Wildman–Crippen LogP) is 3.45. The van der Waals surface area contributed by atoms with Gasteiger partial charge in [0, 0.05) is 25.3 Å². The summed E-state index contributed by atoms with van der Waals surface area (Å²) >= 11 is 5.95. The zero-order valence-electron chi connectivity index (χ0n) is 15.4. The van der Waals surface area contributed by atoms with Crippen molar-refractivity contribution >= 4 is 28.9 Å². The smallest absolute Gasteiger partial charge is 0.366 e. The third kappa shape index (κ3) is 4.19. The number of alkyl halides is 3. The second kappa shape index (κ2) is 7.62. The lowest BCUT2D eigenvalue weighted by Gasteiger charge is -2.35. The van der Waals surface area contributed by atoms with Gasteiger partial charge in [-0.1, -0.05) is 0 Å². The fraction of sp³-hybridized carbons (Fsp3) is 0.471. The van der Waals surface area contributed by atoms with E-state index in [1.165, 1.54) is 10.6 Å². The van der Waals surface area contributed by atoms with Crippen molar-refractivity contribution in [3.63, 3.8) is 0 Å². The van der Waals surface area contributed by atoms with Crippen LogP contribution in [0.1, 0.15) is 31.5 Å². The zero-order chi connectivity index (χ0) is 20.6. The van der Waals surface area contributed by atoms with E-state index in [1.807, 2.05) is 6.07 Å². The van der Waals surface area contributed by atoms with Gasteiger partial charge in [0.2, 0.25) is 11.1 Å². The van der Waals surface area contributed by atoms with Crippen LogP contribution in [0.4, 0.5) is 24.8 Å². The molecule has 0 aromatic carbocycles. The molecule has 29 heavy (non-hydrogen) atoms. The lowest BCUT2D eigenvalue weighted by Crippen LogP contribution is -2.39. The third-order valence-electron chi connectivity index (χ3n) is 5.08. The topological polar surface area (TPSA) is 84.1 Å². The van der Waals surface area contributed by atoms with Crippen LogP contribution in [0, 0.1) is 0 Å². The van der Waals surface area contributed by atoms with Crippen molar-refractivity contribution in [3.05, 3.63) is 35.5 Å². The van der Waals surface area contributed by atoms with Gasteiger partial charge in [-0.25, -0.2) is 9.97 Å². The van der Waals surface area contributed by atoms with E-state index in [4.69, 9.17) is 11.6 Å². The van der Waals surface area contributed by atoms with E-state index in [0.29, 0.717) is 11.5 Å². The molecule has 3 aromatic rings. The van der Waals surface area contributed by atoms with Gasteiger partial charge in [0.15, 0.2) is 5.65 Å². The second-order valence-corrected chi connectivity index (χ2v) is 7.29. The molecule has 0 atom stereocenters. The maximum atomic E-state index is 12.9. The Labute approximate surface area is 169 Å². The third-order valence-corrected chi connectivity index (χ3v) is 5.31. The number of rotatable bonds is 4. The first-order valence-electron chi connectivity index (χ1n) is 9.09. The van der Waals surface area contributed by atoms with Crippen LogP contribution in [0.15, 0.2) is 24.4 Å². The van der Waals surface area contributed by atoms with Gasteiger partial charge in [-0.2, -0.15) is 17.7 Å². The van der Waals surface area contributed by atoms with Crippen LogP contribution in [0.3, 0.4) is 0 Å². The van der Waals surface area contributed by atoms with Crippen LogP contribution in [0.25, 0.3) is 5.65 Å². The fourth-order valence-corrected chi connectivity index (χ4v) is 3.69. The Kier molecular flexibility index (Phi) is 5.15. The van der Waals surface area contributed by atoms with E-state index in [9.17, 15) is 13.2 Å². The Morgan fingerprint density at radius 1 is 1.14 bits per heavy atom. The largest absolute Gasteiger partial charge is 0.451 e. The van der Waals surface area contributed by atoms with Crippen LogP contribution >= 0.6 is 11.6 Å². The molecular formula is C17H18ClF3N8. The summed E-state index contributed by atoms with van der Waals surface area (Å²) in [6.07, 6.45) is -0.0824. The Hall–Kier alpha value is -2.69. The molecule has 0 spiro atoms. The van der Waals surface area contributed by atoms with Crippen LogP contribution < -0.4 is 10.2 Å². The number of anilines is 2. The molecule has 0 saturated heterocycles. The van der Waals surface area contributed by atoms with E-state index in [2.05, 4.69) is 30.6 Å². The zero-order valence-corrected chi connectivity index (χ0v) is 16.2. The first-order chi connectivity index (χ1) is 13.8. The van der Waals surface area contributed by atoms with Gasteiger partial charge in [-0.05, 0) is 55.5 Å². The highest BCUT2D eigenvalue weighted by Crippen LogP contribution is 2.30. The van der Waals surface area contributed by atoms with E-state index >= 15 is 0 Å². The van der Waals surface area contributed by atoms with Gasteiger partial charge >= 0.3 is 6.18 Å². The summed E-state index contributed by atoms with van der Waals surface area (Å²) < 4.78 is 40.0. The van der Waals surface area contributed by atoms with E-state index in [-0.39, 0.29) is 23.2 Å². The van der Waals surface area contributed by atoms with Crippen molar-refractivity contribution in [1.29, 1.82) is 0 Å². The van der Waals surface area contributed by atoms with Crippen LogP contribution in [-0.4, -0.2) is 48.9 Å². The molecule has 3 heterocycles. The Bertz CT molecular complexity index is 1000. The number of hydrogen-bond acceptors (Lipinski definition) is 7. The van der Waals surface area contributed by atoms with Crippen molar-refractivity contribution in [1.82, 2.24) is 29.8 Å². The Balaban J connectivity index is 1.38. The summed E-state index contributed by atoms with van der Waals surface area (Å²) in [5.74, 6) is -0.175. The number of aromatic nitrogens is 6. The molecule has 0 aliphatic heterocycles. The average Bonchev–Trinajstić information content (AvgIpc) is 3.08. The van der Waals surface area contributed by atoms with Crippen LogP contribution in [0.5, 0.6) is 0 Å². The maximum absolute atomic E-state index is 12.9. The molecule has 12 heteroatoms. The highest BCUT2D eigenvalue weighted by Gasteiger charge is 2.35. The molecule has 0 bridgehead atoms. The van der Waals surface area contributed by atoms with Crippen LogP contribution in [-0.2, 0) is 6.18 Å². The number of fused-ring (bicyclic) bond motifs is 1. The summed E-state index contributed by atoms with van der Waals surface area (Å²) in [6.45, 7) is 0. The number of hydrogen-bond donors (Lipinski definition) is 1. The molecule has 154 valence electrons. The summed E-state index contributed by atoms with van der Waals surface area (Å²) in [6, 6.07) is 5.41. The highest BCUT2D eigenvalue weighted by molar-refractivity contribution is 6.28. The molecule has 3 aromatic heterocycles. The summed E-state index contributed by atoms with van der Waals surface area (Å²) in [7, 11) is 1.77. The minimum absolute atomic E-state index is 0.103. The molecule has 0 amide bonds. The lowest BCUT2D eigenvalue weighted by atomic mass is 9.90. The number of halogens is 4. The molecule has 1 saturated carbocycles. The predicted molar refractivity (Wildman–Crippen MR) is 101 cm³/mol. The number of nitrogens with one attached hydrogen (secondary N) is 1. The molecular weight excluding hydrogens is 409 g/mol. The van der Waals surface area contributed by atoms with Gasteiger partial charge in [0.05, 0.1) is 0 Å². The van der Waals surface area contributed by atoms with Crippen molar-refractivity contribution < 1.29 is 13.2 Å². The molecule has 1 aliphatic carbocycles. The van der Waals surface area contributed by atoms with Gasteiger partial charge in [-0.3, -0.25) is 0 Å². The van der Waals surface area contributed by atoms with Crippen LogP contribution in [0.2, 0.25) is 5.28 Å². The molecule has 1 aliphatic rings. The van der Waals surface area contributed by atoms with Crippen molar-refractivity contribution in [2.45, 2.75) is 43.9 Å². The van der Waals surface area contributed by atoms with E-state index in [0.717, 1.165) is 31.9 Å². The summed E-state index contributed by atoms with van der Waals surface area (Å²) in [4.78, 5) is 8.80. The first kappa shape index (κ1) is 19.6. The second-order valence-electron chi connectivity index (χ2n) is 6.95. The van der Waals surface area contributed by atoms with Gasteiger partial charge in [-0.15, -0.1) is 15.3 Å². The highest BCUT2D eigenvalue weighted by atomic mass is 35.5. The molecule has 4 rings (SSSR count). The first-order valence-corrected chi connectivity index (χ1v) is 9.46. The summed E-state index contributed by atoms with van der Waals surface area (Å²) in [5, 5.41) is 15.6. The standard InChI is InChI=1S/C17H18ClF3N8/c1-28(13-8-9-22-15(24-13)17(19,20)21)11-4-2-10(3-5-11)23-12-6-7-14-25-26-16(18)29(14)27-12/h6-11H,2-5H2,1H3,(H,23,27). The Morgan fingerprint density at radius 2 is 1.90 bits per heavy atom. The molecule has 1 fully saturated rings. The molecule has 8 nitrogen and oxygen atoms in total. The minimum atomic E-state index is -4.56. The molecule has 0 unspecified atom stereocenters. The normalized spacial score (nSPS) is 20.0. The van der Waals surface area contributed by atoms with Crippen molar-refractivity contribution in [2.75, 3.05) is 17.3 Å². The van der Waals surface area contributed by atoms with E-state index in [1.54, 1.807) is 18.0 Å².